The van der Waals surface area contributed by atoms with Crippen LogP contribution in [0.2, 0.25) is 0 Å². The van der Waals surface area contributed by atoms with Crippen LogP contribution in [0.15, 0.2) is 65.6 Å². The standard InChI is InChI=1S/C27H28N3O5S/c1-19-3-8-23(9-4-19)28-36(32,33)26-16-22(7-5-20(26)2)27(31)30-13-11-29(12-14-30)17-21-6-10-24-25(15-21)35-18-34-24/h3-10,15-16H,11-14,17-18H2,1-2H3/q-1/p+1. The molecule has 5 rings (SSSR count). The zero-order chi connectivity index (χ0) is 25.3. The van der Waals surface area contributed by atoms with Gasteiger partial charge < -0.3 is 24.0 Å². The summed E-state index contributed by atoms with van der Waals surface area (Å²) in [6, 6.07) is 17.8. The van der Waals surface area contributed by atoms with Crippen molar-refractivity contribution >= 4 is 21.6 Å². The topological polar surface area (TPSA) is 91.5 Å². The van der Waals surface area contributed by atoms with Crippen LogP contribution in [0.3, 0.4) is 0 Å². The lowest BCUT2D eigenvalue weighted by molar-refractivity contribution is -0.917. The minimum atomic E-state index is -3.96. The molecule has 0 saturated carbocycles. The Balaban J connectivity index is 1.24. The molecule has 0 unspecified atom stereocenters. The van der Waals surface area contributed by atoms with E-state index in [1.807, 2.05) is 37.3 Å². The lowest BCUT2D eigenvalue weighted by Gasteiger charge is -2.32. The van der Waals surface area contributed by atoms with Gasteiger partial charge in [-0.05, 0) is 49.7 Å². The van der Waals surface area contributed by atoms with Crippen LogP contribution in [-0.4, -0.2) is 52.2 Å². The van der Waals surface area contributed by atoms with Gasteiger partial charge in [0.15, 0.2) is 11.5 Å². The van der Waals surface area contributed by atoms with Crippen LogP contribution in [-0.2, 0) is 16.6 Å². The molecule has 3 aromatic carbocycles. The number of nitrogens with one attached hydrogen (secondary N) is 1. The fraction of sp³-hybridized carbons (Fsp3) is 0.296. The Morgan fingerprint density at radius 2 is 1.67 bits per heavy atom. The largest absolute Gasteiger partial charge is 0.573 e. The number of amides is 1. The molecule has 9 heteroatoms. The number of carbonyl (C=O) groups is 1. The minimum absolute atomic E-state index is 0.0565. The summed E-state index contributed by atoms with van der Waals surface area (Å²) in [6.45, 7) is 7.55. The van der Waals surface area contributed by atoms with E-state index in [9.17, 15) is 13.2 Å². The van der Waals surface area contributed by atoms with E-state index in [4.69, 9.17) is 9.47 Å². The third-order valence-electron chi connectivity index (χ3n) is 6.62. The molecule has 3 aromatic rings. The van der Waals surface area contributed by atoms with Gasteiger partial charge in [-0.3, -0.25) is 4.79 Å². The maximum absolute atomic E-state index is 13.2. The lowest BCUT2D eigenvalue weighted by Crippen LogP contribution is -3.13. The first-order valence-electron chi connectivity index (χ1n) is 12.0. The minimum Gasteiger partial charge on any atom is -0.573 e. The van der Waals surface area contributed by atoms with Crippen LogP contribution in [0.4, 0.5) is 5.69 Å². The summed E-state index contributed by atoms with van der Waals surface area (Å²) in [7, 11) is -3.96. The highest BCUT2D eigenvalue weighted by Crippen LogP contribution is 2.32. The molecule has 0 spiro atoms. The molecule has 188 valence electrons. The Morgan fingerprint density at radius 3 is 2.42 bits per heavy atom. The van der Waals surface area contributed by atoms with Crippen molar-refractivity contribution in [1.29, 1.82) is 0 Å². The van der Waals surface area contributed by atoms with Crippen molar-refractivity contribution in [2.24, 2.45) is 0 Å². The van der Waals surface area contributed by atoms with Gasteiger partial charge in [0.25, 0.3) is 5.91 Å². The summed E-state index contributed by atoms with van der Waals surface area (Å²) in [4.78, 5) is 16.5. The average molecular weight is 508 g/mol. The number of hydrogen-bond donors (Lipinski definition) is 1. The number of piperazine rings is 1. The van der Waals surface area contributed by atoms with E-state index in [0.29, 0.717) is 29.9 Å². The maximum atomic E-state index is 13.2. The number of hydrogen-bond acceptors (Lipinski definition) is 5. The molecule has 1 N–H and O–H groups in total. The fourth-order valence-corrected chi connectivity index (χ4v) is 5.78. The first kappa shape index (κ1) is 24.1. The summed E-state index contributed by atoms with van der Waals surface area (Å²) < 4.78 is 40.9. The second-order valence-electron chi connectivity index (χ2n) is 9.29. The van der Waals surface area contributed by atoms with E-state index >= 15 is 0 Å². The molecule has 2 heterocycles. The van der Waals surface area contributed by atoms with Crippen molar-refractivity contribution in [2.75, 3.05) is 33.0 Å². The van der Waals surface area contributed by atoms with Gasteiger partial charge in [-0.15, -0.1) is 5.69 Å². The maximum Gasteiger partial charge on any atom is 0.254 e. The molecule has 8 nitrogen and oxygen atoms in total. The van der Waals surface area contributed by atoms with E-state index in [2.05, 4.69) is 4.72 Å². The van der Waals surface area contributed by atoms with Crippen LogP contribution in [0.5, 0.6) is 11.5 Å². The van der Waals surface area contributed by atoms with Crippen molar-refractivity contribution in [3.63, 3.8) is 0 Å². The molecule has 0 radical (unpaired) electrons. The van der Waals surface area contributed by atoms with Gasteiger partial charge in [0.2, 0.25) is 6.79 Å². The summed E-state index contributed by atoms with van der Waals surface area (Å²) in [5.74, 6) is 1.39. The molecule has 0 aromatic heterocycles. The van der Waals surface area contributed by atoms with Crippen LogP contribution in [0, 0.1) is 13.8 Å². The quantitative estimate of drug-likeness (QED) is 0.554. The number of ether oxygens (including phenoxy) is 2. The second kappa shape index (κ2) is 9.83. The van der Waals surface area contributed by atoms with Crippen LogP contribution >= 0.6 is 0 Å². The third-order valence-corrected chi connectivity index (χ3v) is 8.07. The van der Waals surface area contributed by atoms with E-state index in [1.54, 1.807) is 36.1 Å². The van der Waals surface area contributed by atoms with Crippen LogP contribution in [0.25, 0.3) is 4.72 Å². The third kappa shape index (κ3) is 5.17. The highest BCUT2D eigenvalue weighted by Gasteiger charge is 2.26. The number of benzene rings is 3. The van der Waals surface area contributed by atoms with Gasteiger partial charge in [-0.25, -0.2) is 8.42 Å². The van der Waals surface area contributed by atoms with Crippen LogP contribution in [0.1, 0.15) is 27.0 Å². The van der Waals surface area contributed by atoms with E-state index < -0.39 is 10.0 Å². The zero-order valence-electron chi connectivity index (χ0n) is 20.4. The number of fused-ring (bicyclic) bond motifs is 1. The summed E-state index contributed by atoms with van der Waals surface area (Å²) in [6.07, 6.45) is 0. The van der Waals surface area contributed by atoms with Gasteiger partial charge >= 0.3 is 0 Å². The number of rotatable bonds is 6. The molecule has 0 aliphatic carbocycles. The summed E-state index contributed by atoms with van der Waals surface area (Å²) >= 11 is 0. The Morgan fingerprint density at radius 1 is 0.944 bits per heavy atom. The molecule has 2 aliphatic rings. The number of quaternary nitrogens is 1. The summed E-state index contributed by atoms with van der Waals surface area (Å²) in [5.41, 5.74) is 3.46. The molecular weight excluding hydrogens is 478 g/mol. The normalized spacial score (nSPS) is 15.7. The molecule has 0 bridgehead atoms. The smallest absolute Gasteiger partial charge is 0.254 e. The second-order valence-corrected chi connectivity index (χ2v) is 10.9. The fourth-order valence-electron chi connectivity index (χ4n) is 4.53. The molecule has 36 heavy (non-hydrogen) atoms. The number of carbonyl (C=O) groups excluding carboxylic acids is 1. The highest BCUT2D eigenvalue weighted by molar-refractivity contribution is 7.94. The van der Waals surface area contributed by atoms with Crippen molar-refractivity contribution in [2.45, 2.75) is 25.3 Å². The Hall–Kier alpha value is -3.56. The number of sulfonamides is 1. The molecular formula is C27H29N3O5S. The summed E-state index contributed by atoms with van der Waals surface area (Å²) in [5, 5.41) is 0. The average Bonchev–Trinajstić information content (AvgIpc) is 3.33. The first-order chi connectivity index (χ1) is 17.3. The molecule has 0 atom stereocenters. The Labute approximate surface area is 211 Å². The van der Waals surface area contributed by atoms with E-state index in [0.717, 1.165) is 36.7 Å². The SMILES string of the molecule is Cc1ccc([N-]S(=O)(=O)c2cc(C(=O)N3CC[NH+](Cc4ccc5c(c4)OCO5)CC3)ccc2C)cc1. The van der Waals surface area contributed by atoms with Crippen molar-refractivity contribution in [1.82, 2.24) is 4.90 Å². The van der Waals surface area contributed by atoms with Gasteiger partial charge in [-0.2, -0.15) is 0 Å². The molecule has 1 saturated heterocycles. The Bertz CT molecular complexity index is 1380. The predicted octanol–water partition coefficient (Wildman–Crippen LogP) is 2.97. The molecule has 1 fully saturated rings. The van der Waals surface area contributed by atoms with Gasteiger partial charge in [0, 0.05) is 11.1 Å². The van der Waals surface area contributed by atoms with Crippen molar-refractivity contribution in [3.8, 4) is 11.5 Å². The lowest BCUT2D eigenvalue weighted by atomic mass is 10.1. The predicted molar refractivity (Wildman–Crippen MR) is 135 cm³/mol. The number of nitrogens with zero attached hydrogens (tertiary/aromatic N) is 2. The first-order valence-corrected chi connectivity index (χ1v) is 13.4. The number of aryl methyl sites for hydroxylation is 2. The Kier molecular flexibility index (Phi) is 6.59. The van der Waals surface area contributed by atoms with Crippen LogP contribution < -0.4 is 14.4 Å². The van der Waals surface area contributed by atoms with E-state index in [-0.39, 0.29) is 17.6 Å². The van der Waals surface area contributed by atoms with Crippen molar-refractivity contribution < 1.29 is 27.6 Å². The molecule has 2 aliphatic heterocycles. The van der Waals surface area contributed by atoms with Gasteiger partial charge in [-0.1, -0.05) is 35.9 Å². The van der Waals surface area contributed by atoms with Gasteiger partial charge in [0.05, 0.1) is 31.1 Å². The molecule has 1 amide bonds. The monoisotopic (exact) mass is 507 g/mol. The zero-order valence-corrected chi connectivity index (χ0v) is 21.2. The van der Waals surface area contributed by atoms with Crippen molar-refractivity contribution in [3.05, 3.63) is 87.6 Å². The van der Waals surface area contributed by atoms with E-state index in [1.165, 1.54) is 16.5 Å². The van der Waals surface area contributed by atoms with Gasteiger partial charge in [0.1, 0.15) is 16.6 Å². The highest BCUT2D eigenvalue weighted by atomic mass is 32.2.